The fraction of sp³-hybridized carbons (Fsp3) is 0.364. The number of hydrogen-bond acceptors (Lipinski definition) is 3. The molecule has 3 nitrogen and oxygen atoms in total. The summed E-state index contributed by atoms with van der Waals surface area (Å²) in [5.41, 5.74) is 1.07. The topological polar surface area (TPSA) is 49.3 Å². The van der Waals surface area contributed by atoms with Gasteiger partial charge in [-0.2, -0.15) is 12.6 Å². The highest BCUT2D eigenvalue weighted by molar-refractivity contribution is 7.80. The highest BCUT2D eigenvalue weighted by Crippen LogP contribution is 2.12. The summed E-state index contributed by atoms with van der Waals surface area (Å²) in [4.78, 5) is 10.8. The van der Waals surface area contributed by atoms with Crippen LogP contribution in [0.3, 0.4) is 0 Å². The summed E-state index contributed by atoms with van der Waals surface area (Å²) >= 11 is 4.00. The van der Waals surface area contributed by atoms with Crippen LogP contribution in [0, 0.1) is 0 Å². The summed E-state index contributed by atoms with van der Waals surface area (Å²) in [7, 11) is 0. The number of carboxylic acids is 1. The second-order valence-corrected chi connectivity index (χ2v) is 3.74. The monoisotopic (exact) mass is 225 g/mol. The van der Waals surface area contributed by atoms with Crippen molar-refractivity contribution in [3.63, 3.8) is 0 Å². The molecule has 1 aromatic rings. The Hall–Kier alpha value is -1.00. The normalized spacial score (nSPS) is 14.5. The van der Waals surface area contributed by atoms with E-state index in [0.717, 1.165) is 5.56 Å². The molecule has 2 N–H and O–H groups in total. The predicted molar refractivity (Wildman–Crippen MR) is 63.3 cm³/mol. The van der Waals surface area contributed by atoms with E-state index in [0.29, 0.717) is 0 Å². The van der Waals surface area contributed by atoms with Gasteiger partial charge in [0.1, 0.15) is 6.04 Å². The van der Waals surface area contributed by atoms with Crippen LogP contribution in [-0.2, 0) is 4.79 Å². The summed E-state index contributed by atoms with van der Waals surface area (Å²) in [6, 6.07) is 9.14. The van der Waals surface area contributed by atoms with Crippen molar-refractivity contribution in [2.75, 3.05) is 5.75 Å². The average molecular weight is 225 g/mol. The van der Waals surface area contributed by atoms with Crippen molar-refractivity contribution in [1.82, 2.24) is 5.32 Å². The third-order valence-electron chi connectivity index (χ3n) is 2.23. The van der Waals surface area contributed by atoms with Gasteiger partial charge >= 0.3 is 5.97 Å². The van der Waals surface area contributed by atoms with Gasteiger partial charge in [-0.3, -0.25) is 10.1 Å². The van der Waals surface area contributed by atoms with Crippen molar-refractivity contribution >= 4 is 18.6 Å². The van der Waals surface area contributed by atoms with E-state index >= 15 is 0 Å². The molecule has 0 radical (unpaired) electrons. The Bertz CT molecular complexity index is 316. The third kappa shape index (κ3) is 3.57. The maximum Gasteiger partial charge on any atom is 0.321 e. The van der Waals surface area contributed by atoms with Gasteiger partial charge in [0.15, 0.2) is 0 Å². The lowest BCUT2D eigenvalue weighted by Gasteiger charge is -2.18. The van der Waals surface area contributed by atoms with E-state index in [-0.39, 0.29) is 11.8 Å². The highest BCUT2D eigenvalue weighted by Gasteiger charge is 2.17. The largest absolute Gasteiger partial charge is 0.480 e. The van der Waals surface area contributed by atoms with E-state index in [1.54, 1.807) is 0 Å². The lowest BCUT2D eigenvalue weighted by atomic mass is 10.1. The zero-order chi connectivity index (χ0) is 11.3. The molecule has 0 saturated carbocycles. The third-order valence-corrected chi connectivity index (χ3v) is 2.60. The summed E-state index contributed by atoms with van der Waals surface area (Å²) in [6.07, 6.45) is 0. The van der Waals surface area contributed by atoms with Crippen LogP contribution in [0.25, 0.3) is 0 Å². The molecule has 0 bridgehead atoms. The molecule has 0 aromatic heterocycles. The first kappa shape index (κ1) is 12.1. The molecule has 0 aliphatic carbocycles. The zero-order valence-corrected chi connectivity index (χ0v) is 9.45. The molecule has 0 amide bonds. The molecule has 0 saturated heterocycles. The molecule has 0 heterocycles. The molecular formula is C11H15NO2S. The number of rotatable bonds is 5. The molecule has 0 spiro atoms. The number of aliphatic carboxylic acids is 1. The molecule has 1 unspecified atom stereocenters. The van der Waals surface area contributed by atoms with Crippen LogP contribution in [0.2, 0.25) is 0 Å². The predicted octanol–water partition coefficient (Wildman–Crippen LogP) is 1.72. The minimum absolute atomic E-state index is 0.0134. The Balaban J connectivity index is 2.62. The van der Waals surface area contributed by atoms with E-state index < -0.39 is 12.0 Å². The first-order valence-corrected chi connectivity index (χ1v) is 5.43. The van der Waals surface area contributed by atoms with Crippen molar-refractivity contribution in [2.24, 2.45) is 0 Å². The van der Waals surface area contributed by atoms with Crippen LogP contribution in [0.5, 0.6) is 0 Å². The fourth-order valence-electron chi connectivity index (χ4n) is 1.34. The first-order valence-electron chi connectivity index (χ1n) is 4.79. The standard InChI is InChI=1S/C11H15NO2S/c1-8(9-5-3-2-4-6-9)12-10(7-15)11(13)14/h2-6,8,10,12,15H,7H2,1H3,(H,13,14)/t8?,10-/m1/s1. The first-order chi connectivity index (χ1) is 7.15. The SMILES string of the molecule is CC(N[C@H](CS)C(=O)O)c1ccccc1. The van der Waals surface area contributed by atoms with Gasteiger partial charge in [0.05, 0.1) is 0 Å². The number of carboxylic acid groups (broad SMARTS) is 1. The van der Waals surface area contributed by atoms with Gasteiger partial charge in [0.2, 0.25) is 0 Å². The number of hydrogen-bond donors (Lipinski definition) is 3. The van der Waals surface area contributed by atoms with E-state index in [2.05, 4.69) is 17.9 Å². The second-order valence-electron chi connectivity index (χ2n) is 3.37. The van der Waals surface area contributed by atoms with Gasteiger partial charge in [0, 0.05) is 11.8 Å². The maximum atomic E-state index is 10.8. The van der Waals surface area contributed by atoms with Crippen molar-refractivity contribution < 1.29 is 9.90 Å². The molecule has 4 heteroatoms. The Kier molecular flexibility index (Phi) is 4.65. The van der Waals surface area contributed by atoms with Gasteiger partial charge in [-0.25, -0.2) is 0 Å². The van der Waals surface area contributed by atoms with Crippen molar-refractivity contribution in [1.29, 1.82) is 0 Å². The van der Waals surface area contributed by atoms with Crippen molar-refractivity contribution in [3.05, 3.63) is 35.9 Å². The molecule has 1 rings (SSSR count). The highest BCUT2D eigenvalue weighted by atomic mass is 32.1. The minimum atomic E-state index is -0.868. The summed E-state index contributed by atoms with van der Waals surface area (Å²) in [5.74, 6) is -0.584. The average Bonchev–Trinajstić information content (AvgIpc) is 2.26. The summed E-state index contributed by atoms with van der Waals surface area (Å²) < 4.78 is 0. The summed E-state index contributed by atoms with van der Waals surface area (Å²) in [5, 5.41) is 11.9. The number of thiol groups is 1. The van der Waals surface area contributed by atoms with Crippen LogP contribution in [0.4, 0.5) is 0 Å². The quantitative estimate of drug-likeness (QED) is 0.669. The van der Waals surface area contributed by atoms with Gasteiger partial charge in [0.25, 0.3) is 0 Å². The maximum absolute atomic E-state index is 10.8. The fourth-order valence-corrected chi connectivity index (χ4v) is 1.60. The molecule has 82 valence electrons. The van der Waals surface area contributed by atoms with Gasteiger partial charge in [-0.05, 0) is 12.5 Å². The van der Waals surface area contributed by atoms with E-state index in [4.69, 9.17) is 5.11 Å². The smallest absolute Gasteiger partial charge is 0.321 e. The van der Waals surface area contributed by atoms with E-state index in [1.807, 2.05) is 37.3 Å². The molecular weight excluding hydrogens is 210 g/mol. The Morgan fingerprint density at radius 1 is 1.47 bits per heavy atom. The molecule has 1 aromatic carbocycles. The lowest BCUT2D eigenvalue weighted by Crippen LogP contribution is -2.39. The van der Waals surface area contributed by atoms with E-state index in [9.17, 15) is 4.79 Å². The number of carbonyl (C=O) groups is 1. The Morgan fingerprint density at radius 2 is 2.07 bits per heavy atom. The molecule has 15 heavy (non-hydrogen) atoms. The zero-order valence-electron chi connectivity index (χ0n) is 8.55. The van der Waals surface area contributed by atoms with Gasteiger partial charge in [-0.15, -0.1) is 0 Å². The van der Waals surface area contributed by atoms with Gasteiger partial charge in [-0.1, -0.05) is 30.3 Å². The summed E-state index contributed by atoms with van der Waals surface area (Å²) in [6.45, 7) is 1.94. The Labute approximate surface area is 94.9 Å². The van der Waals surface area contributed by atoms with E-state index in [1.165, 1.54) is 0 Å². The van der Waals surface area contributed by atoms with Crippen LogP contribution < -0.4 is 5.32 Å². The minimum Gasteiger partial charge on any atom is -0.480 e. The lowest BCUT2D eigenvalue weighted by molar-refractivity contribution is -0.139. The molecule has 0 fully saturated rings. The molecule has 2 atom stereocenters. The molecule has 0 aliphatic heterocycles. The second kappa shape index (κ2) is 5.78. The molecule has 0 aliphatic rings. The number of nitrogens with one attached hydrogen (secondary N) is 1. The van der Waals surface area contributed by atoms with Crippen LogP contribution in [0.15, 0.2) is 30.3 Å². The Morgan fingerprint density at radius 3 is 2.53 bits per heavy atom. The number of benzene rings is 1. The van der Waals surface area contributed by atoms with Crippen LogP contribution in [0.1, 0.15) is 18.5 Å². The van der Waals surface area contributed by atoms with Gasteiger partial charge < -0.3 is 5.11 Å². The van der Waals surface area contributed by atoms with Crippen LogP contribution >= 0.6 is 12.6 Å². The van der Waals surface area contributed by atoms with Crippen LogP contribution in [-0.4, -0.2) is 22.9 Å². The van der Waals surface area contributed by atoms with Crippen molar-refractivity contribution in [3.8, 4) is 0 Å². The van der Waals surface area contributed by atoms with Crippen molar-refractivity contribution in [2.45, 2.75) is 19.0 Å².